The Labute approximate surface area is 115 Å². The lowest BCUT2D eigenvalue weighted by Crippen LogP contribution is -2.30. The predicted molar refractivity (Wildman–Crippen MR) is 78.2 cm³/mol. The molecule has 0 aromatic carbocycles. The molecule has 3 N–H and O–H groups in total. The normalized spacial score (nSPS) is 12.3. The Bertz CT molecular complexity index is 400. The molecule has 0 radical (unpaired) electrons. The van der Waals surface area contributed by atoms with Crippen LogP contribution >= 0.6 is 0 Å². The summed E-state index contributed by atoms with van der Waals surface area (Å²) in [6, 6.07) is 3.69. The van der Waals surface area contributed by atoms with Crippen LogP contribution < -0.4 is 11.1 Å². The monoisotopic (exact) mass is 264 g/mol. The van der Waals surface area contributed by atoms with Crippen LogP contribution in [0, 0.1) is 5.92 Å². The van der Waals surface area contributed by atoms with Crippen molar-refractivity contribution in [1.29, 1.82) is 0 Å². The van der Waals surface area contributed by atoms with E-state index in [-0.39, 0.29) is 11.9 Å². The molecule has 0 saturated heterocycles. The number of anilines is 1. The van der Waals surface area contributed by atoms with Crippen molar-refractivity contribution in [1.82, 2.24) is 9.88 Å². The van der Waals surface area contributed by atoms with E-state index in [1.54, 1.807) is 32.4 Å². The van der Waals surface area contributed by atoms with Gasteiger partial charge >= 0.3 is 0 Å². The maximum absolute atomic E-state index is 11.7. The van der Waals surface area contributed by atoms with Gasteiger partial charge in [-0.05, 0) is 24.5 Å². The first-order valence-corrected chi connectivity index (χ1v) is 6.57. The van der Waals surface area contributed by atoms with Gasteiger partial charge in [-0.3, -0.25) is 4.79 Å². The molecule has 0 saturated carbocycles. The maximum atomic E-state index is 11.7. The van der Waals surface area contributed by atoms with E-state index in [1.165, 1.54) is 4.90 Å². The van der Waals surface area contributed by atoms with Gasteiger partial charge in [-0.2, -0.15) is 0 Å². The van der Waals surface area contributed by atoms with Crippen LogP contribution in [0.3, 0.4) is 0 Å². The number of carbonyl (C=O) groups excluding carboxylic acids is 1. The summed E-state index contributed by atoms with van der Waals surface area (Å²) in [6.45, 7) is 4.99. The summed E-state index contributed by atoms with van der Waals surface area (Å²) in [6.07, 6.45) is 2.56. The fourth-order valence-electron chi connectivity index (χ4n) is 1.81. The number of rotatable bonds is 6. The topological polar surface area (TPSA) is 71.2 Å². The van der Waals surface area contributed by atoms with Crippen molar-refractivity contribution < 1.29 is 4.79 Å². The van der Waals surface area contributed by atoms with Crippen molar-refractivity contribution in [2.24, 2.45) is 11.7 Å². The Kier molecular flexibility index (Phi) is 5.76. The van der Waals surface area contributed by atoms with Crippen molar-refractivity contribution in [3.8, 4) is 0 Å². The smallest absolute Gasteiger partial charge is 0.254 e. The van der Waals surface area contributed by atoms with Gasteiger partial charge in [0.1, 0.15) is 5.82 Å². The molecular formula is C14H24N4O. The molecule has 1 aromatic rings. The molecule has 1 unspecified atom stereocenters. The molecule has 1 amide bonds. The lowest BCUT2D eigenvalue weighted by molar-refractivity contribution is 0.0827. The molecule has 0 bridgehead atoms. The van der Waals surface area contributed by atoms with Gasteiger partial charge in [0, 0.05) is 32.9 Å². The average molecular weight is 264 g/mol. The lowest BCUT2D eigenvalue weighted by atomic mass is 10.0. The Morgan fingerprint density at radius 1 is 1.42 bits per heavy atom. The highest BCUT2D eigenvalue weighted by Gasteiger charge is 2.09. The Morgan fingerprint density at radius 2 is 2.11 bits per heavy atom. The molecule has 1 atom stereocenters. The van der Waals surface area contributed by atoms with Crippen molar-refractivity contribution in [3.05, 3.63) is 23.9 Å². The van der Waals surface area contributed by atoms with Gasteiger partial charge in [-0.25, -0.2) is 4.98 Å². The first-order valence-electron chi connectivity index (χ1n) is 6.57. The molecule has 0 aliphatic rings. The zero-order valence-corrected chi connectivity index (χ0v) is 12.2. The highest BCUT2D eigenvalue weighted by molar-refractivity contribution is 5.93. The third kappa shape index (κ3) is 5.26. The van der Waals surface area contributed by atoms with E-state index < -0.39 is 0 Å². The van der Waals surface area contributed by atoms with E-state index in [0.717, 1.165) is 12.2 Å². The highest BCUT2D eigenvalue weighted by atomic mass is 16.2. The molecule has 1 heterocycles. The fourth-order valence-corrected chi connectivity index (χ4v) is 1.81. The Hall–Kier alpha value is -1.62. The van der Waals surface area contributed by atoms with Gasteiger partial charge in [0.15, 0.2) is 0 Å². The minimum absolute atomic E-state index is 0.0458. The SMILES string of the molecule is CC(C)CC(N)CNc1ccc(C(=O)N(C)C)cn1. The van der Waals surface area contributed by atoms with Gasteiger partial charge < -0.3 is 16.0 Å². The molecule has 1 rings (SSSR count). The van der Waals surface area contributed by atoms with Gasteiger partial charge in [0.05, 0.1) is 5.56 Å². The standard InChI is InChI=1S/C14H24N4O/c1-10(2)7-12(15)9-17-13-6-5-11(8-16-13)14(19)18(3)4/h5-6,8,10,12H,7,9,15H2,1-4H3,(H,16,17). The number of nitrogens with one attached hydrogen (secondary N) is 1. The van der Waals surface area contributed by atoms with E-state index in [4.69, 9.17) is 5.73 Å². The van der Waals surface area contributed by atoms with E-state index >= 15 is 0 Å². The predicted octanol–water partition coefficient (Wildman–Crippen LogP) is 1.57. The summed E-state index contributed by atoms with van der Waals surface area (Å²) < 4.78 is 0. The second-order valence-corrected chi connectivity index (χ2v) is 5.40. The van der Waals surface area contributed by atoms with Crippen molar-refractivity contribution >= 4 is 11.7 Å². The minimum Gasteiger partial charge on any atom is -0.369 e. The minimum atomic E-state index is -0.0458. The fraction of sp³-hybridized carbons (Fsp3) is 0.571. The molecule has 0 aliphatic carbocycles. The maximum Gasteiger partial charge on any atom is 0.254 e. The first-order chi connectivity index (χ1) is 8.90. The second kappa shape index (κ2) is 7.09. The largest absolute Gasteiger partial charge is 0.369 e. The van der Waals surface area contributed by atoms with Crippen LogP contribution in [0.4, 0.5) is 5.82 Å². The molecule has 0 aliphatic heterocycles. The van der Waals surface area contributed by atoms with E-state index in [0.29, 0.717) is 18.0 Å². The number of hydrogen-bond acceptors (Lipinski definition) is 4. The molecule has 5 nitrogen and oxygen atoms in total. The summed E-state index contributed by atoms with van der Waals surface area (Å²) in [4.78, 5) is 17.4. The first kappa shape index (κ1) is 15.4. The molecule has 0 fully saturated rings. The van der Waals surface area contributed by atoms with Crippen LogP contribution in [-0.4, -0.2) is 42.5 Å². The summed E-state index contributed by atoms with van der Waals surface area (Å²) in [5.41, 5.74) is 6.57. The van der Waals surface area contributed by atoms with Crippen LogP contribution in [0.5, 0.6) is 0 Å². The van der Waals surface area contributed by atoms with Gasteiger partial charge in [-0.1, -0.05) is 13.8 Å². The number of nitrogens with two attached hydrogens (primary N) is 1. The summed E-state index contributed by atoms with van der Waals surface area (Å²) in [5, 5.41) is 3.18. The van der Waals surface area contributed by atoms with E-state index in [1.807, 2.05) is 0 Å². The molecule has 1 aromatic heterocycles. The number of aromatic nitrogens is 1. The van der Waals surface area contributed by atoms with E-state index in [9.17, 15) is 4.79 Å². The average Bonchev–Trinajstić information content (AvgIpc) is 2.35. The van der Waals surface area contributed by atoms with Crippen LogP contribution in [0.25, 0.3) is 0 Å². The zero-order valence-electron chi connectivity index (χ0n) is 12.2. The molecule has 5 heteroatoms. The van der Waals surface area contributed by atoms with E-state index in [2.05, 4.69) is 24.1 Å². The molecule has 19 heavy (non-hydrogen) atoms. The summed E-state index contributed by atoms with van der Waals surface area (Å²) >= 11 is 0. The quantitative estimate of drug-likeness (QED) is 0.818. The number of nitrogens with zero attached hydrogens (tertiary/aromatic N) is 2. The summed E-state index contributed by atoms with van der Waals surface area (Å²) in [5.74, 6) is 1.29. The Balaban J connectivity index is 2.51. The van der Waals surface area contributed by atoms with Gasteiger partial charge in [0.2, 0.25) is 0 Å². The van der Waals surface area contributed by atoms with Crippen LogP contribution in [-0.2, 0) is 0 Å². The van der Waals surface area contributed by atoms with Crippen molar-refractivity contribution in [3.63, 3.8) is 0 Å². The zero-order chi connectivity index (χ0) is 14.4. The van der Waals surface area contributed by atoms with Crippen LogP contribution in [0.2, 0.25) is 0 Å². The third-order valence-electron chi connectivity index (χ3n) is 2.74. The van der Waals surface area contributed by atoms with Crippen LogP contribution in [0.15, 0.2) is 18.3 Å². The number of amides is 1. The second-order valence-electron chi connectivity index (χ2n) is 5.40. The number of pyridine rings is 1. The van der Waals surface area contributed by atoms with Crippen molar-refractivity contribution in [2.45, 2.75) is 26.3 Å². The van der Waals surface area contributed by atoms with Crippen LogP contribution in [0.1, 0.15) is 30.6 Å². The van der Waals surface area contributed by atoms with Crippen molar-refractivity contribution in [2.75, 3.05) is 26.0 Å². The summed E-state index contributed by atoms with van der Waals surface area (Å²) in [7, 11) is 3.44. The van der Waals surface area contributed by atoms with Gasteiger partial charge in [-0.15, -0.1) is 0 Å². The molecular weight excluding hydrogens is 240 g/mol. The molecule has 0 spiro atoms. The Morgan fingerprint density at radius 3 is 2.58 bits per heavy atom. The molecule has 106 valence electrons. The number of carbonyl (C=O) groups is 1. The number of hydrogen-bond donors (Lipinski definition) is 2. The highest BCUT2D eigenvalue weighted by Crippen LogP contribution is 2.08. The lowest BCUT2D eigenvalue weighted by Gasteiger charge is -2.15. The third-order valence-corrected chi connectivity index (χ3v) is 2.74. The van der Waals surface area contributed by atoms with Gasteiger partial charge in [0.25, 0.3) is 5.91 Å².